The maximum atomic E-state index is 9.99. The Bertz CT molecular complexity index is 486. The zero-order chi connectivity index (χ0) is 11.4. The molecule has 0 fully saturated rings. The van der Waals surface area contributed by atoms with Gasteiger partial charge in [0.2, 0.25) is 0 Å². The summed E-state index contributed by atoms with van der Waals surface area (Å²) in [7, 11) is 0. The zero-order valence-corrected chi connectivity index (χ0v) is 8.81. The lowest BCUT2D eigenvalue weighted by Gasteiger charge is -2.02. The molecule has 2 aromatic heterocycles. The van der Waals surface area contributed by atoms with E-state index in [2.05, 4.69) is 24.9 Å². The number of nitrogens with zero attached hydrogens (tertiary/aromatic N) is 3. The highest BCUT2D eigenvalue weighted by molar-refractivity contribution is 6.31. The lowest BCUT2D eigenvalue weighted by atomic mass is 10.2. The van der Waals surface area contributed by atoms with E-state index in [-0.39, 0.29) is 11.8 Å². The molecule has 0 aliphatic heterocycles. The summed E-state index contributed by atoms with van der Waals surface area (Å²) in [6, 6.07) is 1.76. The molecule has 16 heavy (non-hydrogen) atoms. The van der Waals surface area contributed by atoms with Crippen LogP contribution < -0.4 is 0 Å². The number of halogens is 1. The Morgan fingerprint density at radius 3 is 3.06 bits per heavy atom. The highest BCUT2D eigenvalue weighted by atomic mass is 35.5. The summed E-state index contributed by atoms with van der Waals surface area (Å²) in [6.07, 6.45) is 3.15. The minimum absolute atomic E-state index is 0.00642. The van der Waals surface area contributed by atoms with Gasteiger partial charge in [-0.1, -0.05) is 11.6 Å². The van der Waals surface area contributed by atoms with Crippen LogP contribution in [0.25, 0.3) is 11.3 Å². The van der Waals surface area contributed by atoms with Gasteiger partial charge in [-0.2, -0.15) is 5.10 Å². The molecular weight excluding hydrogens is 232 g/mol. The molecule has 7 heteroatoms. The van der Waals surface area contributed by atoms with Gasteiger partial charge >= 0.3 is 0 Å². The molecule has 0 amide bonds. The van der Waals surface area contributed by atoms with Crippen molar-refractivity contribution in [3.63, 3.8) is 0 Å². The second-order valence-electron chi connectivity index (χ2n) is 2.87. The topological polar surface area (TPSA) is 80.8 Å². The van der Waals surface area contributed by atoms with Crippen LogP contribution in [0.5, 0.6) is 0 Å². The quantitative estimate of drug-likeness (QED) is 0.639. The fourth-order valence-corrected chi connectivity index (χ4v) is 1.41. The van der Waals surface area contributed by atoms with Gasteiger partial charge in [0, 0.05) is 12.4 Å². The van der Waals surface area contributed by atoms with Crippen molar-refractivity contribution in [2.75, 3.05) is 0 Å². The van der Waals surface area contributed by atoms with Crippen LogP contribution in [0.15, 0.2) is 18.5 Å². The number of aromatic amines is 1. The molecule has 2 aromatic rings. The van der Waals surface area contributed by atoms with Crippen LogP contribution in [0.3, 0.4) is 0 Å². The molecule has 0 aromatic carbocycles. The number of H-pyrrole nitrogens is 1. The van der Waals surface area contributed by atoms with Gasteiger partial charge in [-0.3, -0.25) is 9.89 Å². The number of carbonyl (C=O) groups excluding carboxylic acids is 1. The summed E-state index contributed by atoms with van der Waals surface area (Å²) in [5.41, 5.74) is 1.38. The van der Waals surface area contributed by atoms with Crippen molar-refractivity contribution in [3.05, 3.63) is 29.4 Å². The molecule has 0 radical (unpaired) electrons. The van der Waals surface area contributed by atoms with Crippen LogP contribution in [0.4, 0.5) is 0 Å². The molecular formula is C9H7ClN4O2. The summed E-state index contributed by atoms with van der Waals surface area (Å²) >= 11 is 5.96. The van der Waals surface area contributed by atoms with Crippen LogP contribution in [-0.2, 0) is 16.1 Å². The van der Waals surface area contributed by atoms with E-state index in [1.165, 1.54) is 0 Å². The zero-order valence-electron chi connectivity index (χ0n) is 8.05. The van der Waals surface area contributed by atoms with Gasteiger partial charge in [0.25, 0.3) is 6.47 Å². The molecule has 1 N–H and O–H groups in total. The number of ether oxygens (including phenoxy) is 1. The van der Waals surface area contributed by atoms with Gasteiger partial charge in [0.1, 0.15) is 5.15 Å². The van der Waals surface area contributed by atoms with Gasteiger partial charge in [-0.25, -0.2) is 9.97 Å². The number of rotatable bonds is 4. The Morgan fingerprint density at radius 1 is 1.56 bits per heavy atom. The first-order valence-corrected chi connectivity index (χ1v) is 4.75. The monoisotopic (exact) mass is 238 g/mol. The summed E-state index contributed by atoms with van der Waals surface area (Å²) in [5, 5.41) is 6.84. The number of hydrogen-bond donors (Lipinski definition) is 1. The maximum absolute atomic E-state index is 9.99. The standard InChI is InChI=1S/C9H7ClN4O2/c10-9-6(7-1-2-12-14-7)3-11-8(13-9)4-16-5-15/h1-3,5H,4H2,(H,12,14). The molecule has 6 nitrogen and oxygen atoms in total. The summed E-state index contributed by atoms with van der Waals surface area (Å²) in [6.45, 7) is 0.340. The van der Waals surface area contributed by atoms with Gasteiger partial charge in [0.05, 0.1) is 11.3 Å². The highest BCUT2D eigenvalue weighted by Gasteiger charge is 2.08. The number of carbonyl (C=O) groups is 1. The molecule has 82 valence electrons. The van der Waals surface area contributed by atoms with Crippen molar-refractivity contribution in [1.82, 2.24) is 20.2 Å². The van der Waals surface area contributed by atoms with Crippen molar-refractivity contribution in [1.29, 1.82) is 0 Å². The SMILES string of the molecule is O=COCc1ncc(-c2ccn[nH]2)c(Cl)n1. The summed E-state index contributed by atoms with van der Waals surface area (Å²) in [4.78, 5) is 18.0. The first-order valence-electron chi connectivity index (χ1n) is 4.37. The van der Waals surface area contributed by atoms with Gasteiger partial charge < -0.3 is 4.74 Å². The van der Waals surface area contributed by atoms with Gasteiger partial charge in [-0.15, -0.1) is 0 Å². The Labute approximate surface area is 95.6 Å². The molecule has 0 saturated carbocycles. The third-order valence-corrected chi connectivity index (χ3v) is 2.15. The van der Waals surface area contributed by atoms with E-state index >= 15 is 0 Å². The first kappa shape index (κ1) is 10.6. The van der Waals surface area contributed by atoms with Crippen LogP contribution >= 0.6 is 11.6 Å². The molecule has 0 aliphatic carbocycles. The second kappa shape index (κ2) is 4.71. The predicted octanol–water partition coefficient (Wildman–Crippen LogP) is 1.19. The minimum atomic E-state index is 0.00642. The molecule has 0 unspecified atom stereocenters. The minimum Gasteiger partial charge on any atom is -0.460 e. The van der Waals surface area contributed by atoms with Gasteiger partial charge in [-0.05, 0) is 6.07 Å². The van der Waals surface area contributed by atoms with Crippen LogP contribution in [0.2, 0.25) is 5.15 Å². The average molecular weight is 239 g/mol. The largest absolute Gasteiger partial charge is 0.460 e. The Kier molecular flexibility index (Phi) is 3.11. The number of hydrogen-bond acceptors (Lipinski definition) is 5. The lowest BCUT2D eigenvalue weighted by Crippen LogP contribution is -1.99. The van der Waals surface area contributed by atoms with Crippen molar-refractivity contribution in [2.24, 2.45) is 0 Å². The average Bonchev–Trinajstić information content (AvgIpc) is 2.80. The van der Waals surface area contributed by atoms with Crippen molar-refractivity contribution < 1.29 is 9.53 Å². The van der Waals surface area contributed by atoms with Crippen molar-refractivity contribution >= 4 is 18.1 Å². The first-order chi connectivity index (χ1) is 7.81. The van der Waals surface area contributed by atoms with E-state index in [9.17, 15) is 4.79 Å². The summed E-state index contributed by atoms with van der Waals surface area (Å²) < 4.78 is 4.52. The Balaban J connectivity index is 2.26. The molecule has 0 aliphatic rings. The number of aromatic nitrogens is 4. The molecule has 0 spiro atoms. The normalized spacial score (nSPS) is 10.1. The maximum Gasteiger partial charge on any atom is 0.293 e. The lowest BCUT2D eigenvalue weighted by molar-refractivity contribution is -0.130. The van der Waals surface area contributed by atoms with E-state index < -0.39 is 0 Å². The van der Waals surface area contributed by atoms with E-state index in [1.54, 1.807) is 18.5 Å². The van der Waals surface area contributed by atoms with Crippen LogP contribution in [0.1, 0.15) is 5.82 Å². The summed E-state index contributed by atoms with van der Waals surface area (Å²) in [5.74, 6) is 0.348. The van der Waals surface area contributed by atoms with Crippen LogP contribution in [0, 0.1) is 0 Å². The molecule has 0 atom stereocenters. The van der Waals surface area contributed by atoms with E-state index in [0.717, 1.165) is 5.69 Å². The van der Waals surface area contributed by atoms with E-state index in [4.69, 9.17) is 11.6 Å². The molecule has 2 rings (SSSR count). The third-order valence-electron chi connectivity index (χ3n) is 1.86. The van der Waals surface area contributed by atoms with Crippen molar-refractivity contribution in [3.8, 4) is 11.3 Å². The number of nitrogens with one attached hydrogen (secondary N) is 1. The molecule has 0 saturated heterocycles. The molecule has 2 heterocycles. The Morgan fingerprint density at radius 2 is 2.44 bits per heavy atom. The smallest absolute Gasteiger partial charge is 0.293 e. The van der Waals surface area contributed by atoms with E-state index in [1.807, 2.05) is 0 Å². The third kappa shape index (κ3) is 2.17. The van der Waals surface area contributed by atoms with Crippen molar-refractivity contribution in [2.45, 2.75) is 6.61 Å². The van der Waals surface area contributed by atoms with Crippen LogP contribution in [-0.4, -0.2) is 26.6 Å². The van der Waals surface area contributed by atoms with E-state index in [0.29, 0.717) is 17.9 Å². The second-order valence-corrected chi connectivity index (χ2v) is 3.23. The fraction of sp³-hybridized carbons (Fsp3) is 0.111. The molecule has 0 bridgehead atoms. The highest BCUT2D eigenvalue weighted by Crippen LogP contribution is 2.23. The Hall–Kier alpha value is -1.95. The fourth-order valence-electron chi connectivity index (χ4n) is 1.16. The predicted molar refractivity (Wildman–Crippen MR) is 55.5 cm³/mol. The van der Waals surface area contributed by atoms with Gasteiger partial charge in [0.15, 0.2) is 12.4 Å².